The van der Waals surface area contributed by atoms with Crippen molar-refractivity contribution in [2.24, 2.45) is 0 Å². The van der Waals surface area contributed by atoms with Crippen LogP contribution >= 0.6 is 11.3 Å². The van der Waals surface area contributed by atoms with E-state index >= 15 is 0 Å². The van der Waals surface area contributed by atoms with Gasteiger partial charge in [0.05, 0.1) is 18.7 Å². The van der Waals surface area contributed by atoms with Gasteiger partial charge in [-0.3, -0.25) is 0 Å². The van der Waals surface area contributed by atoms with Crippen LogP contribution in [0.4, 0.5) is 10.7 Å². The third-order valence-corrected chi connectivity index (χ3v) is 4.42. The second-order valence-electron chi connectivity index (χ2n) is 5.95. The lowest BCUT2D eigenvalue weighted by Gasteiger charge is -2.19. The molecule has 2 rings (SSSR count). The number of ether oxygens (including phenoxy) is 1. The second-order valence-corrected chi connectivity index (χ2v) is 7.00. The number of methoxy groups -OCH3 is 1. The van der Waals surface area contributed by atoms with Crippen molar-refractivity contribution in [3.8, 4) is 11.1 Å². The Labute approximate surface area is 134 Å². The molecule has 0 radical (unpaired) electrons. The van der Waals surface area contributed by atoms with Gasteiger partial charge in [-0.2, -0.15) is 0 Å². The maximum atomic E-state index is 11.9. The van der Waals surface area contributed by atoms with Crippen LogP contribution in [0.2, 0.25) is 0 Å². The normalized spacial score (nSPS) is 11.0. The van der Waals surface area contributed by atoms with Gasteiger partial charge in [0, 0.05) is 5.56 Å². The SMILES string of the molecule is [C-]#[N+]c1c(N)sc(C(=O)OC)c1-c1ccc(C(C)(C)C)cc1. The summed E-state index contributed by atoms with van der Waals surface area (Å²) in [5.41, 5.74) is 8.78. The Bertz CT molecular complexity index is 747. The Morgan fingerprint density at radius 3 is 2.32 bits per heavy atom. The van der Waals surface area contributed by atoms with E-state index in [1.165, 1.54) is 12.7 Å². The van der Waals surface area contributed by atoms with E-state index in [-0.39, 0.29) is 5.41 Å². The number of hydrogen-bond donors (Lipinski definition) is 1. The monoisotopic (exact) mass is 314 g/mol. The minimum Gasteiger partial charge on any atom is -0.465 e. The molecule has 0 saturated carbocycles. The van der Waals surface area contributed by atoms with Gasteiger partial charge in [0.25, 0.3) is 0 Å². The van der Waals surface area contributed by atoms with E-state index in [9.17, 15) is 4.79 Å². The lowest BCUT2D eigenvalue weighted by atomic mass is 9.86. The molecule has 0 aliphatic rings. The lowest BCUT2D eigenvalue weighted by molar-refractivity contribution is 0.0607. The number of carbonyl (C=O) groups excluding carboxylic acids is 1. The predicted molar refractivity (Wildman–Crippen MR) is 90.5 cm³/mol. The molecule has 2 aromatic rings. The smallest absolute Gasteiger partial charge is 0.347 e. The summed E-state index contributed by atoms with van der Waals surface area (Å²) in [6.07, 6.45) is 0. The van der Waals surface area contributed by atoms with Crippen molar-refractivity contribution in [1.82, 2.24) is 0 Å². The molecule has 0 aliphatic heterocycles. The number of nitrogens with two attached hydrogens (primary N) is 1. The van der Waals surface area contributed by atoms with Crippen LogP contribution in [0.25, 0.3) is 16.0 Å². The minimum atomic E-state index is -0.471. The average molecular weight is 314 g/mol. The first-order chi connectivity index (χ1) is 10.3. The van der Waals surface area contributed by atoms with Crippen molar-refractivity contribution in [2.75, 3.05) is 12.8 Å². The third-order valence-electron chi connectivity index (χ3n) is 3.43. The summed E-state index contributed by atoms with van der Waals surface area (Å²) in [6.45, 7) is 13.7. The molecule has 22 heavy (non-hydrogen) atoms. The quantitative estimate of drug-likeness (QED) is 0.649. The van der Waals surface area contributed by atoms with E-state index in [4.69, 9.17) is 17.0 Å². The Morgan fingerprint density at radius 1 is 1.27 bits per heavy atom. The highest BCUT2D eigenvalue weighted by Gasteiger charge is 2.24. The molecule has 5 heteroatoms. The minimum absolute atomic E-state index is 0.0417. The fourth-order valence-electron chi connectivity index (χ4n) is 2.19. The largest absolute Gasteiger partial charge is 0.465 e. The van der Waals surface area contributed by atoms with Gasteiger partial charge in [-0.05, 0) is 16.5 Å². The van der Waals surface area contributed by atoms with Gasteiger partial charge in [-0.25, -0.2) is 9.64 Å². The Balaban J connectivity index is 2.61. The first-order valence-electron chi connectivity index (χ1n) is 6.78. The zero-order valence-electron chi connectivity index (χ0n) is 13.1. The first kappa shape index (κ1) is 16.1. The molecule has 0 bridgehead atoms. The fourth-order valence-corrected chi connectivity index (χ4v) is 3.14. The van der Waals surface area contributed by atoms with Gasteiger partial charge >= 0.3 is 5.97 Å². The highest BCUT2D eigenvalue weighted by Crippen LogP contribution is 2.45. The summed E-state index contributed by atoms with van der Waals surface area (Å²) >= 11 is 1.09. The van der Waals surface area contributed by atoms with Crippen LogP contribution in [0.15, 0.2) is 24.3 Å². The molecule has 0 unspecified atom stereocenters. The third kappa shape index (κ3) is 2.83. The summed E-state index contributed by atoms with van der Waals surface area (Å²) in [6, 6.07) is 7.86. The molecule has 1 heterocycles. The molecule has 0 amide bonds. The van der Waals surface area contributed by atoms with Gasteiger partial charge in [0.1, 0.15) is 4.88 Å². The van der Waals surface area contributed by atoms with E-state index in [1.807, 2.05) is 24.3 Å². The lowest BCUT2D eigenvalue weighted by Crippen LogP contribution is -2.10. The zero-order chi connectivity index (χ0) is 16.5. The number of anilines is 1. The van der Waals surface area contributed by atoms with Crippen molar-refractivity contribution in [2.45, 2.75) is 26.2 Å². The summed E-state index contributed by atoms with van der Waals surface area (Å²) in [5, 5.41) is 0.338. The number of nitrogens with zero attached hydrogens (tertiary/aromatic N) is 1. The molecule has 0 atom stereocenters. The van der Waals surface area contributed by atoms with Crippen LogP contribution < -0.4 is 5.73 Å². The van der Waals surface area contributed by atoms with Crippen molar-refractivity contribution < 1.29 is 9.53 Å². The van der Waals surface area contributed by atoms with Crippen molar-refractivity contribution >= 4 is 28.0 Å². The Kier molecular flexibility index (Phi) is 4.25. The zero-order valence-corrected chi connectivity index (χ0v) is 13.9. The van der Waals surface area contributed by atoms with Crippen LogP contribution in [0.5, 0.6) is 0 Å². The predicted octanol–water partition coefficient (Wildman–Crippen LogP) is 4.63. The number of hydrogen-bond acceptors (Lipinski definition) is 4. The Hall–Kier alpha value is -2.32. The summed E-state index contributed by atoms with van der Waals surface area (Å²) in [7, 11) is 1.32. The summed E-state index contributed by atoms with van der Waals surface area (Å²) in [4.78, 5) is 15.8. The van der Waals surface area contributed by atoms with Crippen LogP contribution in [0.3, 0.4) is 0 Å². The van der Waals surface area contributed by atoms with Gasteiger partial charge in [-0.1, -0.05) is 45.0 Å². The number of rotatable bonds is 2. The number of carbonyl (C=O) groups is 1. The molecule has 1 aromatic carbocycles. The van der Waals surface area contributed by atoms with E-state index in [0.717, 1.165) is 16.9 Å². The van der Waals surface area contributed by atoms with Gasteiger partial charge < -0.3 is 10.5 Å². The topological polar surface area (TPSA) is 56.7 Å². The molecular formula is C17H18N2O2S. The summed E-state index contributed by atoms with van der Waals surface area (Å²) in [5.74, 6) is -0.471. The van der Waals surface area contributed by atoms with Crippen LogP contribution in [0, 0.1) is 6.57 Å². The van der Waals surface area contributed by atoms with Crippen LogP contribution in [-0.4, -0.2) is 13.1 Å². The highest BCUT2D eigenvalue weighted by molar-refractivity contribution is 7.19. The standard InChI is InChI=1S/C17H18N2O2S/c1-17(2,3)11-8-6-10(7-9-11)12-13(19-4)15(18)22-14(12)16(20)21-5/h6-9H,18H2,1-3,5H3. The molecule has 1 aromatic heterocycles. The molecule has 0 spiro atoms. The highest BCUT2D eigenvalue weighted by atomic mass is 32.1. The van der Waals surface area contributed by atoms with Crippen molar-refractivity contribution in [3.05, 3.63) is 46.1 Å². The molecule has 2 N–H and O–H groups in total. The number of benzene rings is 1. The maximum Gasteiger partial charge on any atom is 0.347 e. The van der Waals surface area contributed by atoms with Crippen LogP contribution in [0.1, 0.15) is 36.0 Å². The van der Waals surface area contributed by atoms with E-state index in [2.05, 4.69) is 25.6 Å². The molecule has 0 aliphatic carbocycles. The molecule has 0 fully saturated rings. The molecular weight excluding hydrogens is 296 g/mol. The molecule has 0 saturated heterocycles. The Morgan fingerprint density at radius 2 is 1.86 bits per heavy atom. The van der Waals surface area contributed by atoms with E-state index in [0.29, 0.717) is 21.1 Å². The van der Waals surface area contributed by atoms with E-state index in [1.54, 1.807) is 0 Å². The van der Waals surface area contributed by atoms with Gasteiger partial charge in [-0.15, -0.1) is 11.3 Å². The van der Waals surface area contributed by atoms with Crippen molar-refractivity contribution in [1.29, 1.82) is 0 Å². The van der Waals surface area contributed by atoms with Crippen LogP contribution in [-0.2, 0) is 10.2 Å². The number of thiophene rings is 1. The molecule has 4 nitrogen and oxygen atoms in total. The maximum absolute atomic E-state index is 11.9. The van der Waals surface area contributed by atoms with Gasteiger partial charge in [0.15, 0.2) is 0 Å². The van der Waals surface area contributed by atoms with Gasteiger partial charge in [0.2, 0.25) is 5.69 Å². The van der Waals surface area contributed by atoms with Crippen molar-refractivity contribution in [3.63, 3.8) is 0 Å². The van der Waals surface area contributed by atoms with E-state index < -0.39 is 5.97 Å². The second kappa shape index (κ2) is 5.82. The average Bonchev–Trinajstić information content (AvgIpc) is 2.82. The number of nitrogen functional groups attached to an aromatic ring is 1. The fraction of sp³-hybridized carbons (Fsp3) is 0.294. The molecule has 114 valence electrons. The summed E-state index contributed by atoms with van der Waals surface area (Å²) < 4.78 is 4.80. The number of esters is 1. The first-order valence-corrected chi connectivity index (χ1v) is 7.60.